The molecule has 2 aromatic carbocycles. The van der Waals surface area contributed by atoms with Crippen LogP contribution in [0.15, 0.2) is 40.9 Å². The molecular formula is C13H9BrFNO. The van der Waals surface area contributed by atoms with Gasteiger partial charge in [0.1, 0.15) is 5.82 Å². The molecule has 0 unspecified atom stereocenters. The summed E-state index contributed by atoms with van der Waals surface area (Å²) in [6.07, 6.45) is 0.700. The molecule has 0 saturated heterocycles. The Kier molecular flexibility index (Phi) is 3.24. The molecule has 0 heterocycles. The lowest BCUT2D eigenvalue weighted by atomic mass is 9.99. The van der Waals surface area contributed by atoms with Gasteiger partial charge in [-0.3, -0.25) is 4.79 Å². The van der Waals surface area contributed by atoms with Crippen molar-refractivity contribution >= 4 is 27.9 Å². The molecule has 0 fully saturated rings. The van der Waals surface area contributed by atoms with Gasteiger partial charge in [-0.05, 0) is 33.6 Å². The van der Waals surface area contributed by atoms with Crippen LogP contribution in [0.4, 0.5) is 10.1 Å². The van der Waals surface area contributed by atoms with Gasteiger partial charge in [0.15, 0.2) is 6.29 Å². The second-order valence-corrected chi connectivity index (χ2v) is 4.42. The van der Waals surface area contributed by atoms with Crippen molar-refractivity contribution in [1.29, 1.82) is 0 Å². The van der Waals surface area contributed by atoms with Crippen molar-refractivity contribution < 1.29 is 9.18 Å². The van der Waals surface area contributed by atoms with Crippen molar-refractivity contribution in [1.82, 2.24) is 0 Å². The zero-order chi connectivity index (χ0) is 12.4. The molecule has 0 atom stereocenters. The Hall–Kier alpha value is -1.68. The van der Waals surface area contributed by atoms with E-state index in [0.717, 1.165) is 0 Å². The summed E-state index contributed by atoms with van der Waals surface area (Å²) in [5.41, 5.74) is 7.40. The number of nitrogen functional groups attached to an aromatic ring is 1. The van der Waals surface area contributed by atoms with Gasteiger partial charge in [-0.2, -0.15) is 0 Å². The molecule has 2 nitrogen and oxygen atoms in total. The monoisotopic (exact) mass is 293 g/mol. The van der Waals surface area contributed by atoms with E-state index in [2.05, 4.69) is 15.9 Å². The van der Waals surface area contributed by atoms with E-state index in [1.54, 1.807) is 24.3 Å². The lowest BCUT2D eigenvalue weighted by molar-refractivity contribution is 0.112. The fourth-order valence-corrected chi connectivity index (χ4v) is 2.13. The second-order valence-electron chi connectivity index (χ2n) is 3.57. The van der Waals surface area contributed by atoms with Crippen molar-refractivity contribution in [2.45, 2.75) is 0 Å². The van der Waals surface area contributed by atoms with Crippen LogP contribution in [0.1, 0.15) is 10.4 Å². The van der Waals surface area contributed by atoms with E-state index >= 15 is 0 Å². The Bertz CT molecular complexity index is 584. The minimum atomic E-state index is -0.423. The van der Waals surface area contributed by atoms with Crippen LogP contribution in [0.5, 0.6) is 0 Å². The number of hydrogen-bond donors (Lipinski definition) is 1. The molecule has 2 rings (SSSR count). The summed E-state index contributed by atoms with van der Waals surface area (Å²) in [6, 6.07) is 9.81. The topological polar surface area (TPSA) is 43.1 Å². The van der Waals surface area contributed by atoms with Crippen LogP contribution in [0, 0.1) is 5.82 Å². The van der Waals surface area contributed by atoms with E-state index in [9.17, 15) is 9.18 Å². The molecule has 17 heavy (non-hydrogen) atoms. The first kappa shape index (κ1) is 11.8. The predicted molar refractivity (Wildman–Crippen MR) is 69.3 cm³/mol. The van der Waals surface area contributed by atoms with Gasteiger partial charge in [-0.25, -0.2) is 4.39 Å². The first-order chi connectivity index (χ1) is 8.13. The first-order valence-corrected chi connectivity index (χ1v) is 5.72. The maximum atomic E-state index is 14.0. The summed E-state index contributed by atoms with van der Waals surface area (Å²) in [5, 5.41) is 0. The second kappa shape index (κ2) is 4.67. The average molecular weight is 294 g/mol. The van der Waals surface area contributed by atoms with Gasteiger partial charge in [0, 0.05) is 16.8 Å². The van der Waals surface area contributed by atoms with Gasteiger partial charge < -0.3 is 5.73 Å². The van der Waals surface area contributed by atoms with Crippen molar-refractivity contribution in [2.75, 3.05) is 5.73 Å². The standard InChI is InChI=1S/C13H9BrFNO/c14-12-6-9(16)5-11(13(12)15)10-4-2-1-3-8(10)7-17/h1-7H,16H2. The van der Waals surface area contributed by atoms with Gasteiger partial charge in [0.25, 0.3) is 0 Å². The molecule has 0 aromatic heterocycles. The quantitative estimate of drug-likeness (QED) is 0.678. The van der Waals surface area contributed by atoms with E-state index in [-0.39, 0.29) is 4.47 Å². The fourth-order valence-electron chi connectivity index (χ4n) is 1.65. The highest BCUT2D eigenvalue weighted by Crippen LogP contribution is 2.32. The lowest BCUT2D eigenvalue weighted by Crippen LogP contribution is -1.94. The van der Waals surface area contributed by atoms with Crippen LogP contribution in [0.25, 0.3) is 11.1 Å². The van der Waals surface area contributed by atoms with Crippen LogP contribution < -0.4 is 5.73 Å². The van der Waals surface area contributed by atoms with Gasteiger partial charge in [-0.15, -0.1) is 0 Å². The number of rotatable bonds is 2. The number of carbonyl (C=O) groups is 1. The maximum absolute atomic E-state index is 14.0. The molecule has 0 radical (unpaired) electrons. The Balaban J connectivity index is 2.72. The SMILES string of the molecule is Nc1cc(Br)c(F)c(-c2ccccc2C=O)c1. The third kappa shape index (κ3) is 2.22. The third-order valence-electron chi connectivity index (χ3n) is 2.43. The first-order valence-electron chi connectivity index (χ1n) is 4.92. The summed E-state index contributed by atoms with van der Waals surface area (Å²) in [7, 11) is 0. The number of carbonyl (C=O) groups excluding carboxylic acids is 1. The molecule has 0 amide bonds. The lowest BCUT2D eigenvalue weighted by Gasteiger charge is -2.08. The molecule has 0 aliphatic heterocycles. The van der Waals surface area contributed by atoms with E-state index in [1.165, 1.54) is 12.1 Å². The minimum Gasteiger partial charge on any atom is -0.399 e. The largest absolute Gasteiger partial charge is 0.399 e. The molecule has 86 valence electrons. The summed E-state index contributed by atoms with van der Waals surface area (Å²) in [6.45, 7) is 0. The number of benzene rings is 2. The molecule has 0 aliphatic carbocycles. The van der Waals surface area contributed by atoms with E-state index < -0.39 is 5.82 Å². The van der Waals surface area contributed by atoms with Gasteiger partial charge in [0.05, 0.1) is 4.47 Å². The van der Waals surface area contributed by atoms with E-state index in [0.29, 0.717) is 28.7 Å². The fraction of sp³-hybridized carbons (Fsp3) is 0. The predicted octanol–water partition coefficient (Wildman–Crippen LogP) is 3.65. The minimum absolute atomic E-state index is 0.285. The summed E-state index contributed by atoms with van der Waals surface area (Å²) in [5.74, 6) is -0.423. The smallest absolute Gasteiger partial charge is 0.150 e. The highest BCUT2D eigenvalue weighted by Gasteiger charge is 2.12. The highest BCUT2D eigenvalue weighted by molar-refractivity contribution is 9.10. The average Bonchev–Trinajstić information content (AvgIpc) is 2.33. The van der Waals surface area contributed by atoms with E-state index in [4.69, 9.17) is 5.73 Å². The summed E-state index contributed by atoms with van der Waals surface area (Å²) >= 11 is 3.10. The van der Waals surface area contributed by atoms with Gasteiger partial charge in [-0.1, -0.05) is 24.3 Å². The molecule has 4 heteroatoms. The van der Waals surface area contributed by atoms with Crippen LogP contribution in [-0.2, 0) is 0 Å². The molecular weight excluding hydrogens is 285 g/mol. The van der Waals surface area contributed by atoms with Crippen LogP contribution >= 0.6 is 15.9 Å². The van der Waals surface area contributed by atoms with Crippen LogP contribution in [0.2, 0.25) is 0 Å². The van der Waals surface area contributed by atoms with Crippen LogP contribution in [0.3, 0.4) is 0 Å². The molecule has 2 N–H and O–H groups in total. The van der Waals surface area contributed by atoms with Gasteiger partial charge >= 0.3 is 0 Å². The Morgan fingerprint density at radius 1 is 1.18 bits per heavy atom. The summed E-state index contributed by atoms with van der Waals surface area (Å²) in [4.78, 5) is 10.9. The zero-order valence-corrected chi connectivity index (χ0v) is 10.4. The molecule has 2 aromatic rings. The number of aldehydes is 1. The Labute approximate surface area is 106 Å². The number of nitrogens with two attached hydrogens (primary N) is 1. The maximum Gasteiger partial charge on any atom is 0.150 e. The molecule has 0 spiro atoms. The van der Waals surface area contributed by atoms with Crippen molar-refractivity contribution in [3.8, 4) is 11.1 Å². The molecule has 0 bridgehead atoms. The van der Waals surface area contributed by atoms with Crippen molar-refractivity contribution in [3.05, 3.63) is 52.3 Å². The highest BCUT2D eigenvalue weighted by atomic mass is 79.9. The summed E-state index contributed by atoms with van der Waals surface area (Å²) < 4.78 is 14.3. The van der Waals surface area contributed by atoms with E-state index in [1.807, 2.05) is 0 Å². The molecule has 0 aliphatic rings. The van der Waals surface area contributed by atoms with Crippen LogP contribution in [-0.4, -0.2) is 6.29 Å². The normalized spacial score (nSPS) is 10.2. The Morgan fingerprint density at radius 3 is 2.59 bits per heavy atom. The zero-order valence-electron chi connectivity index (χ0n) is 8.78. The number of anilines is 1. The van der Waals surface area contributed by atoms with Crippen molar-refractivity contribution in [3.63, 3.8) is 0 Å². The number of halogens is 2. The number of hydrogen-bond acceptors (Lipinski definition) is 2. The van der Waals surface area contributed by atoms with Gasteiger partial charge in [0.2, 0.25) is 0 Å². The Morgan fingerprint density at radius 2 is 1.88 bits per heavy atom. The van der Waals surface area contributed by atoms with Crippen molar-refractivity contribution in [2.24, 2.45) is 0 Å². The molecule has 0 saturated carbocycles. The third-order valence-corrected chi connectivity index (χ3v) is 3.01.